The first-order valence-corrected chi connectivity index (χ1v) is 13.1. The summed E-state index contributed by atoms with van der Waals surface area (Å²) in [6.07, 6.45) is 1.45. The molecule has 1 aromatic heterocycles. The Hall–Kier alpha value is -3.57. The van der Waals surface area contributed by atoms with Crippen molar-refractivity contribution in [3.63, 3.8) is 0 Å². The second-order valence-corrected chi connectivity index (χ2v) is 11.1. The van der Waals surface area contributed by atoms with Crippen LogP contribution in [0.15, 0.2) is 53.4 Å². The van der Waals surface area contributed by atoms with Gasteiger partial charge in [0.1, 0.15) is 5.82 Å². The molecule has 11 heteroatoms. The fourth-order valence-corrected chi connectivity index (χ4v) is 5.68. The van der Waals surface area contributed by atoms with Crippen molar-refractivity contribution in [2.24, 2.45) is 0 Å². The minimum absolute atomic E-state index is 0.0885. The average Bonchev–Trinajstić information content (AvgIpc) is 3.15. The molecule has 5 rings (SSSR count). The van der Waals surface area contributed by atoms with Crippen LogP contribution in [0.4, 0.5) is 10.1 Å². The molecule has 9 nitrogen and oxygen atoms in total. The summed E-state index contributed by atoms with van der Waals surface area (Å²) in [4.78, 5) is 26.4. The second kappa shape index (κ2) is 9.47. The molecule has 1 N–H and O–H groups in total. The average molecular weight is 512 g/mol. The monoisotopic (exact) mass is 511 g/mol. The number of halogens is 1. The predicted octanol–water partition coefficient (Wildman–Crippen LogP) is 2.63. The normalized spacial score (nSPS) is 15.8. The summed E-state index contributed by atoms with van der Waals surface area (Å²) in [6.45, 7) is 1.12. The fraction of sp³-hybridized carbons (Fsp3) is 0.320. The molecule has 0 unspecified atom stereocenters. The molecule has 36 heavy (non-hydrogen) atoms. The van der Waals surface area contributed by atoms with Crippen LogP contribution in [0.2, 0.25) is 0 Å². The first kappa shape index (κ1) is 24.1. The zero-order valence-corrected chi connectivity index (χ0v) is 20.6. The van der Waals surface area contributed by atoms with Crippen molar-refractivity contribution in [1.82, 2.24) is 19.0 Å². The van der Waals surface area contributed by atoms with Gasteiger partial charge in [-0.15, -0.1) is 0 Å². The van der Waals surface area contributed by atoms with Gasteiger partial charge >= 0.3 is 0 Å². The minimum atomic E-state index is -3.90. The smallest absolute Gasteiger partial charge is 0.243 e. The molecule has 2 aliphatic rings. The number of likely N-dealkylation sites (N-methyl/N-ethyl adjacent to an activating group) is 1. The third-order valence-corrected chi connectivity index (χ3v) is 8.34. The molecule has 0 saturated heterocycles. The van der Waals surface area contributed by atoms with E-state index in [1.54, 1.807) is 29.2 Å². The standard InChI is InChI=1S/C25H26FN5O4S/c1-29(36(34,35)21-8-9-22-18(13-21)5-10-24(32)27-22)16-25(33)30-11-2-12-31-20(15-30)14-23(28-31)17-3-6-19(26)7-4-17/h3-4,6-9,13-14H,2,5,10-12,15-16H2,1H3,(H,27,32). The van der Waals surface area contributed by atoms with Crippen LogP contribution >= 0.6 is 0 Å². The van der Waals surface area contributed by atoms with Gasteiger partial charge in [0.15, 0.2) is 0 Å². The zero-order valence-electron chi connectivity index (χ0n) is 19.8. The molecule has 0 atom stereocenters. The number of aromatic nitrogens is 2. The number of sulfonamides is 1. The van der Waals surface area contributed by atoms with Gasteiger partial charge in [0.25, 0.3) is 0 Å². The van der Waals surface area contributed by atoms with Gasteiger partial charge in [-0.25, -0.2) is 12.8 Å². The van der Waals surface area contributed by atoms with E-state index in [0.717, 1.165) is 21.1 Å². The minimum Gasteiger partial charge on any atom is -0.336 e. The summed E-state index contributed by atoms with van der Waals surface area (Å²) in [7, 11) is -2.51. The molecule has 2 aliphatic heterocycles. The third kappa shape index (κ3) is 4.76. The molecular formula is C25H26FN5O4S. The Balaban J connectivity index is 1.29. The number of aryl methyl sites for hydroxylation is 2. The van der Waals surface area contributed by atoms with Gasteiger partial charge in [-0.2, -0.15) is 9.40 Å². The summed E-state index contributed by atoms with van der Waals surface area (Å²) in [5, 5.41) is 7.35. The molecule has 3 heterocycles. The molecule has 0 fully saturated rings. The number of hydrogen-bond donors (Lipinski definition) is 1. The Morgan fingerprint density at radius 2 is 1.89 bits per heavy atom. The quantitative estimate of drug-likeness (QED) is 0.567. The Bertz CT molecular complexity index is 1440. The Morgan fingerprint density at radius 3 is 2.67 bits per heavy atom. The molecular weight excluding hydrogens is 485 g/mol. The van der Waals surface area contributed by atoms with E-state index in [2.05, 4.69) is 10.4 Å². The molecule has 0 radical (unpaired) electrons. The maximum absolute atomic E-state index is 13.3. The van der Waals surface area contributed by atoms with Gasteiger partial charge in [-0.1, -0.05) is 0 Å². The SMILES string of the molecule is CN(CC(=O)N1CCCn2nc(-c3ccc(F)cc3)cc2C1)S(=O)(=O)c1ccc2c(c1)CCC(=O)N2. The second-order valence-electron chi connectivity index (χ2n) is 9.05. The predicted molar refractivity (Wildman–Crippen MR) is 131 cm³/mol. The molecule has 2 aromatic carbocycles. The van der Waals surface area contributed by atoms with Crippen LogP contribution in [-0.4, -0.2) is 59.4 Å². The highest BCUT2D eigenvalue weighted by atomic mass is 32.2. The Kier molecular flexibility index (Phi) is 6.35. The number of carbonyl (C=O) groups is 2. The van der Waals surface area contributed by atoms with Crippen molar-refractivity contribution in [2.75, 3.05) is 25.5 Å². The van der Waals surface area contributed by atoms with Crippen LogP contribution in [0.25, 0.3) is 11.3 Å². The van der Waals surface area contributed by atoms with Crippen molar-refractivity contribution in [3.05, 3.63) is 65.6 Å². The van der Waals surface area contributed by atoms with Gasteiger partial charge in [-0.05, 0) is 66.9 Å². The number of nitrogens with zero attached hydrogens (tertiary/aromatic N) is 4. The van der Waals surface area contributed by atoms with E-state index in [0.29, 0.717) is 50.3 Å². The molecule has 0 saturated carbocycles. The van der Waals surface area contributed by atoms with Crippen LogP contribution in [0.1, 0.15) is 24.1 Å². The maximum atomic E-state index is 13.3. The van der Waals surface area contributed by atoms with Crippen LogP contribution in [-0.2, 0) is 39.1 Å². The molecule has 3 aromatic rings. The third-order valence-electron chi connectivity index (χ3n) is 6.55. The van der Waals surface area contributed by atoms with Crippen LogP contribution in [0.3, 0.4) is 0 Å². The van der Waals surface area contributed by atoms with Gasteiger partial charge in [0, 0.05) is 37.8 Å². The maximum Gasteiger partial charge on any atom is 0.243 e. The number of anilines is 1. The lowest BCUT2D eigenvalue weighted by Crippen LogP contribution is -2.41. The molecule has 0 aliphatic carbocycles. The van der Waals surface area contributed by atoms with E-state index in [9.17, 15) is 22.4 Å². The van der Waals surface area contributed by atoms with E-state index in [-0.39, 0.29) is 29.1 Å². The molecule has 188 valence electrons. The highest BCUT2D eigenvalue weighted by molar-refractivity contribution is 7.89. The number of amides is 2. The first-order valence-electron chi connectivity index (χ1n) is 11.7. The van der Waals surface area contributed by atoms with Gasteiger partial charge in [-0.3, -0.25) is 14.3 Å². The number of fused-ring (bicyclic) bond motifs is 2. The Morgan fingerprint density at radius 1 is 1.11 bits per heavy atom. The first-order chi connectivity index (χ1) is 17.2. The lowest BCUT2D eigenvalue weighted by molar-refractivity contribution is -0.131. The zero-order chi connectivity index (χ0) is 25.4. The van der Waals surface area contributed by atoms with Gasteiger partial charge < -0.3 is 10.2 Å². The number of benzene rings is 2. The molecule has 0 bridgehead atoms. The topological polar surface area (TPSA) is 105 Å². The summed E-state index contributed by atoms with van der Waals surface area (Å²) < 4.78 is 42.5. The number of nitrogens with one attached hydrogen (secondary N) is 1. The Labute approximate surface area is 208 Å². The highest BCUT2D eigenvalue weighted by Crippen LogP contribution is 2.27. The van der Waals surface area contributed by atoms with Crippen LogP contribution in [0.5, 0.6) is 0 Å². The molecule has 2 amide bonds. The number of hydrogen-bond acceptors (Lipinski definition) is 5. The number of carbonyl (C=O) groups excluding carboxylic acids is 2. The van der Waals surface area contributed by atoms with Crippen molar-refractivity contribution in [2.45, 2.75) is 37.2 Å². The fourth-order valence-electron chi connectivity index (χ4n) is 4.51. The summed E-state index contributed by atoms with van der Waals surface area (Å²) in [5.41, 5.74) is 3.69. The van der Waals surface area contributed by atoms with E-state index in [1.807, 2.05) is 10.7 Å². The lowest BCUT2D eigenvalue weighted by atomic mass is 10.0. The van der Waals surface area contributed by atoms with Gasteiger partial charge in [0.05, 0.1) is 29.4 Å². The van der Waals surface area contributed by atoms with Gasteiger partial charge in [0.2, 0.25) is 21.8 Å². The summed E-state index contributed by atoms with van der Waals surface area (Å²) in [5.74, 6) is -0.716. The van der Waals surface area contributed by atoms with E-state index >= 15 is 0 Å². The summed E-state index contributed by atoms with van der Waals surface area (Å²) in [6, 6.07) is 12.6. The van der Waals surface area contributed by atoms with Crippen LogP contribution < -0.4 is 5.32 Å². The van der Waals surface area contributed by atoms with E-state index in [4.69, 9.17) is 0 Å². The van der Waals surface area contributed by atoms with Crippen molar-refractivity contribution >= 4 is 27.5 Å². The number of rotatable bonds is 5. The highest BCUT2D eigenvalue weighted by Gasteiger charge is 2.28. The molecule has 0 spiro atoms. The van der Waals surface area contributed by atoms with Crippen LogP contribution in [0, 0.1) is 5.82 Å². The van der Waals surface area contributed by atoms with Crippen molar-refractivity contribution in [1.29, 1.82) is 0 Å². The largest absolute Gasteiger partial charge is 0.336 e. The van der Waals surface area contributed by atoms with Crippen molar-refractivity contribution in [3.8, 4) is 11.3 Å². The summed E-state index contributed by atoms with van der Waals surface area (Å²) >= 11 is 0. The van der Waals surface area contributed by atoms with E-state index < -0.39 is 10.0 Å². The van der Waals surface area contributed by atoms with Crippen molar-refractivity contribution < 1.29 is 22.4 Å². The van der Waals surface area contributed by atoms with E-state index in [1.165, 1.54) is 25.2 Å². The lowest BCUT2D eigenvalue weighted by Gasteiger charge is -2.24.